The van der Waals surface area contributed by atoms with E-state index in [-0.39, 0.29) is 24.5 Å². The molecule has 1 aromatic carbocycles. The maximum atomic E-state index is 13.1. The Bertz CT molecular complexity index is 331. The predicted octanol–water partition coefficient (Wildman–Crippen LogP) is 1.49. The van der Waals surface area contributed by atoms with Gasteiger partial charge in [0.1, 0.15) is 5.82 Å². The second-order valence-corrected chi connectivity index (χ2v) is 2.47. The van der Waals surface area contributed by atoms with Gasteiger partial charge in [-0.1, -0.05) is 12.1 Å². The average Bonchev–Trinajstić information content (AvgIpc) is 2.16. The molecule has 0 aliphatic carbocycles. The summed E-state index contributed by atoms with van der Waals surface area (Å²) in [6, 6.07) is 4.30. The quantitative estimate of drug-likeness (QED) is 0.767. The van der Waals surface area contributed by atoms with Crippen LogP contribution >= 0.6 is 12.4 Å². The maximum absolute atomic E-state index is 13.1. The van der Waals surface area contributed by atoms with Crippen LogP contribution in [0.2, 0.25) is 0 Å². The van der Waals surface area contributed by atoms with Crippen LogP contribution in [-0.2, 0) is 11.3 Å². The van der Waals surface area contributed by atoms with Gasteiger partial charge in [0.25, 0.3) is 0 Å². The Morgan fingerprint density at radius 1 is 1.57 bits per heavy atom. The highest BCUT2D eigenvalue weighted by molar-refractivity contribution is 5.91. The van der Waals surface area contributed by atoms with Crippen LogP contribution in [0.15, 0.2) is 18.2 Å². The summed E-state index contributed by atoms with van der Waals surface area (Å²) in [7, 11) is 1.20. The molecule has 0 radical (unpaired) electrons. The van der Waals surface area contributed by atoms with Crippen molar-refractivity contribution in [2.45, 2.75) is 6.54 Å². The third-order valence-corrected chi connectivity index (χ3v) is 1.71. The van der Waals surface area contributed by atoms with Crippen LogP contribution in [0.3, 0.4) is 0 Å². The summed E-state index contributed by atoms with van der Waals surface area (Å²) in [6.07, 6.45) is 0. The first-order chi connectivity index (χ1) is 6.20. The molecule has 0 heterocycles. The fourth-order valence-electron chi connectivity index (χ4n) is 1.07. The minimum absolute atomic E-state index is 0. The molecular weight excluding hydrogens is 209 g/mol. The Balaban J connectivity index is 0.00000169. The lowest BCUT2D eigenvalue weighted by Crippen LogP contribution is -2.11. The first-order valence-corrected chi connectivity index (χ1v) is 3.76. The molecule has 0 atom stereocenters. The van der Waals surface area contributed by atoms with Crippen molar-refractivity contribution in [1.82, 2.24) is 0 Å². The van der Waals surface area contributed by atoms with Gasteiger partial charge in [-0.25, -0.2) is 9.18 Å². The highest BCUT2D eigenvalue weighted by Crippen LogP contribution is 2.13. The van der Waals surface area contributed by atoms with Gasteiger partial charge in [-0.05, 0) is 11.6 Å². The summed E-state index contributed by atoms with van der Waals surface area (Å²) in [4.78, 5) is 11.1. The molecule has 0 unspecified atom stereocenters. The zero-order valence-electron chi connectivity index (χ0n) is 7.62. The summed E-state index contributed by atoms with van der Waals surface area (Å²) >= 11 is 0. The molecular formula is C9H11ClFNO2. The molecule has 78 valence electrons. The fraction of sp³-hybridized carbons (Fsp3) is 0.222. The van der Waals surface area contributed by atoms with Gasteiger partial charge < -0.3 is 10.5 Å². The van der Waals surface area contributed by atoms with E-state index in [2.05, 4.69) is 4.74 Å². The van der Waals surface area contributed by atoms with Gasteiger partial charge >= 0.3 is 5.97 Å². The summed E-state index contributed by atoms with van der Waals surface area (Å²) in [5.41, 5.74) is 5.71. The largest absolute Gasteiger partial charge is 0.465 e. The van der Waals surface area contributed by atoms with Crippen molar-refractivity contribution >= 4 is 18.4 Å². The molecule has 0 saturated heterocycles. The Labute approximate surface area is 87.5 Å². The Morgan fingerprint density at radius 3 is 2.71 bits per heavy atom. The zero-order valence-corrected chi connectivity index (χ0v) is 8.44. The number of rotatable bonds is 2. The number of nitrogens with two attached hydrogens (primary N) is 1. The fourth-order valence-corrected chi connectivity index (χ4v) is 1.07. The van der Waals surface area contributed by atoms with Crippen LogP contribution < -0.4 is 5.73 Å². The van der Waals surface area contributed by atoms with Gasteiger partial charge in [0, 0.05) is 6.54 Å². The Kier molecular flexibility index (Phi) is 5.12. The number of benzene rings is 1. The van der Waals surface area contributed by atoms with Crippen LogP contribution in [0.25, 0.3) is 0 Å². The molecule has 5 heteroatoms. The normalized spacial score (nSPS) is 9.07. The van der Waals surface area contributed by atoms with Crippen LogP contribution in [0.1, 0.15) is 15.9 Å². The van der Waals surface area contributed by atoms with Crippen LogP contribution in [0.4, 0.5) is 4.39 Å². The number of carbonyl (C=O) groups is 1. The van der Waals surface area contributed by atoms with Crippen LogP contribution in [-0.4, -0.2) is 13.1 Å². The third kappa shape index (κ3) is 2.43. The van der Waals surface area contributed by atoms with E-state index < -0.39 is 11.8 Å². The molecule has 2 N–H and O–H groups in total. The molecule has 0 aliphatic heterocycles. The maximum Gasteiger partial charge on any atom is 0.341 e. The lowest BCUT2D eigenvalue weighted by atomic mass is 10.1. The molecule has 1 rings (SSSR count). The molecule has 1 aromatic rings. The van der Waals surface area contributed by atoms with E-state index in [1.54, 1.807) is 6.07 Å². The van der Waals surface area contributed by atoms with Crippen molar-refractivity contribution in [1.29, 1.82) is 0 Å². The smallest absolute Gasteiger partial charge is 0.341 e. The molecule has 0 fully saturated rings. The second kappa shape index (κ2) is 5.57. The van der Waals surface area contributed by atoms with Crippen molar-refractivity contribution in [2.75, 3.05) is 7.11 Å². The topological polar surface area (TPSA) is 52.3 Å². The first kappa shape index (κ1) is 12.9. The van der Waals surface area contributed by atoms with E-state index >= 15 is 0 Å². The Morgan fingerprint density at radius 2 is 2.21 bits per heavy atom. The van der Waals surface area contributed by atoms with Gasteiger partial charge in [-0.2, -0.15) is 0 Å². The summed E-state index contributed by atoms with van der Waals surface area (Å²) in [6.45, 7) is 0.113. The molecule has 0 bridgehead atoms. The highest BCUT2D eigenvalue weighted by Gasteiger charge is 2.15. The lowest BCUT2D eigenvalue weighted by molar-refractivity contribution is 0.0594. The van der Waals surface area contributed by atoms with E-state index in [0.717, 1.165) is 0 Å². The standard InChI is InChI=1S/C9H10FNO2.ClH/c1-13-9(12)8-6(5-11)3-2-4-7(8)10;/h2-4H,5,11H2,1H3;1H. The van der Waals surface area contributed by atoms with Crippen LogP contribution in [0, 0.1) is 5.82 Å². The molecule has 0 aromatic heterocycles. The monoisotopic (exact) mass is 219 g/mol. The minimum atomic E-state index is -0.696. The average molecular weight is 220 g/mol. The first-order valence-electron chi connectivity index (χ1n) is 3.76. The third-order valence-electron chi connectivity index (χ3n) is 1.71. The summed E-state index contributed by atoms with van der Waals surface area (Å²) in [5.74, 6) is -1.30. The second-order valence-electron chi connectivity index (χ2n) is 2.47. The van der Waals surface area contributed by atoms with Gasteiger partial charge in [0.2, 0.25) is 0 Å². The van der Waals surface area contributed by atoms with E-state index in [1.165, 1.54) is 19.2 Å². The number of hydrogen-bond donors (Lipinski definition) is 1. The number of carbonyl (C=O) groups excluding carboxylic acids is 1. The summed E-state index contributed by atoms with van der Waals surface area (Å²) in [5, 5.41) is 0. The van der Waals surface area contributed by atoms with Crippen LogP contribution in [0.5, 0.6) is 0 Å². The van der Waals surface area contributed by atoms with Crippen molar-refractivity contribution in [3.8, 4) is 0 Å². The van der Waals surface area contributed by atoms with E-state index in [1.807, 2.05) is 0 Å². The number of methoxy groups -OCH3 is 1. The van der Waals surface area contributed by atoms with E-state index in [9.17, 15) is 9.18 Å². The molecule has 3 nitrogen and oxygen atoms in total. The summed E-state index contributed by atoms with van der Waals surface area (Å²) < 4.78 is 17.5. The van der Waals surface area contributed by atoms with E-state index in [4.69, 9.17) is 5.73 Å². The number of halogens is 2. The number of ether oxygens (including phenoxy) is 1. The van der Waals surface area contributed by atoms with E-state index in [0.29, 0.717) is 5.56 Å². The van der Waals surface area contributed by atoms with Gasteiger partial charge in [-0.15, -0.1) is 12.4 Å². The van der Waals surface area contributed by atoms with Crippen molar-refractivity contribution in [3.05, 3.63) is 35.1 Å². The molecule has 0 amide bonds. The van der Waals surface area contributed by atoms with Crippen molar-refractivity contribution in [3.63, 3.8) is 0 Å². The molecule has 0 saturated carbocycles. The SMILES string of the molecule is COC(=O)c1c(F)cccc1CN.Cl. The minimum Gasteiger partial charge on any atom is -0.465 e. The number of esters is 1. The van der Waals surface area contributed by atoms with Gasteiger partial charge in [0.05, 0.1) is 12.7 Å². The molecule has 14 heavy (non-hydrogen) atoms. The molecule has 0 spiro atoms. The van der Waals surface area contributed by atoms with Crippen molar-refractivity contribution in [2.24, 2.45) is 5.73 Å². The highest BCUT2D eigenvalue weighted by atomic mass is 35.5. The predicted molar refractivity (Wildman–Crippen MR) is 52.9 cm³/mol. The lowest BCUT2D eigenvalue weighted by Gasteiger charge is -2.05. The van der Waals surface area contributed by atoms with Gasteiger partial charge in [-0.3, -0.25) is 0 Å². The van der Waals surface area contributed by atoms with Gasteiger partial charge in [0.15, 0.2) is 0 Å². The molecule has 0 aliphatic rings. The van der Waals surface area contributed by atoms with Crippen molar-refractivity contribution < 1.29 is 13.9 Å². The zero-order chi connectivity index (χ0) is 9.84. The number of hydrogen-bond acceptors (Lipinski definition) is 3. The Hall–Kier alpha value is -1.13.